The zero-order valence-electron chi connectivity index (χ0n) is 17.7. The summed E-state index contributed by atoms with van der Waals surface area (Å²) in [4.78, 5) is 29.6. The molecule has 2 aromatic heterocycles. The van der Waals surface area contributed by atoms with Crippen LogP contribution in [-0.2, 0) is 6.42 Å². The molecule has 2 aliphatic rings. The van der Waals surface area contributed by atoms with Crippen LogP contribution >= 0.6 is 0 Å². The molecule has 162 valence electrons. The van der Waals surface area contributed by atoms with E-state index < -0.39 is 0 Å². The molecule has 2 fully saturated rings. The van der Waals surface area contributed by atoms with Gasteiger partial charge in [-0.3, -0.25) is 9.59 Å². The van der Waals surface area contributed by atoms with Gasteiger partial charge in [-0.05, 0) is 44.2 Å². The van der Waals surface area contributed by atoms with Crippen molar-refractivity contribution in [3.05, 3.63) is 45.8 Å². The lowest BCUT2D eigenvalue weighted by molar-refractivity contribution is 0.0636. The second-order valence-electron chi connectivity index (χ2n) is 8.33. The van der Waals surface area contributed by atoms with E-state index in [1.54, 1.807) is 23.2 Å². The Morgan fingerprint density at radius 1 is 1.23 bits per heavy atom. The van der Waals surface area contributed by atoms with Gasteiger partial charge in [0.1, 0.15) is 5.76 Å². The van der Waals surface area contributed by atoms with Gasteiger partial charge >= 0.3 is 0 Å². The van der Waals surface area contributed by atoms with Gasteiger partial charge in [-0.25, -0.2) is 4.68 Å². The van der Waals surface area contributed by atoms with E-state index in [0.29, 0.717) is 31.7 Å². The smallest absolute Gasteiger partial charge is 0.289 e. The van der Waals surface area contributed by atoms with Gasteiger partial charge in [0.05, 0.1) is 24.0 Å². The first-order chi connectivity index (χ1) is 14.5. The third-order valence-electron chi connectivity index (χ3n) is 6.22. The summed E-state index contributed by atoms with van der Waals surface area (Å²) >= 11 is 0. The van der Waals surface area contributed by atoms with Gasteiger partial charge in [0.2, 0.25) is 0 Å². The minimum atomic E-state index is -0.258. The van der Waals surface area contributed by atoms with Crippen LogP contribution in [0.25, 0.3) is 0 Å². The summed E-state index contributed by atoms with van der Waals surface area (Å²) in [6.07, 6.45) is 5.25. The van der Waals surface area contributed by atoms with Crippen LogP contribution in [0.3, 0.4) is 0 Å². The molecule has 0 aromatic carbocycles. The zero-order valence-corrected chi connectivity index (χ0v) is 17.7. The number of furan rings is 1. The van der Waals surface area contributed by atoms with Gasteiger partial charge < -0.3 is 19.3 Å². The van der Waals surface area contributed by atoms with Gasteiger partial charge in [0.25, 0.3) is 11.5 Å². The van der Waals surface area contributed by atoms with E-state index in [2.05, 4.69) is 10.00 Å². The molecule has 1 atom stereocenters. The molecule has 8 nitrogen and oxygen atoms in total. The fraction of sp³-hybridized carbons (Fsp3) is 0.591. The van der Waals surface area contributed by atoms with Crippen molar-refractivity contribution in [3.8, 4) is 0 Å². The lowest BCUT2D eigenvalue weighted by atomic mass is 10.1. The summed E-state index contributed by atoms with van der Waals surface area (Å²) in [5.41, 5.74) is 1.64. The molecular formula is C22H30N4O4. The van der Waals surface area contributed by atoms with E-state index in [1.165, 1.54) is 4.68 Å². The normalized spacial score (nSPS) is 20.6. The third kappa shape index (κ3) is 4.14. The van der Waals surface area contributed by atoms with Crippen molar-refractivity contribution in [2.75, 3.05) is 31.1 Å². The molecule has 0 unspecified atom stereocenters. The number of piperidine rings is 2. The summed E-state index contributed by atoms with van der Waals surface area (Å²) in [5.74, 6) is 1.08. The predicted octanol–water partition coefficient (Wildman–Crippen LogP) is 2.15. The highest BCUT2D eigenvalue weighted by Crippen LogP contribution is 2.24. The molecule has 8 heteroatoms. The van der Waals surface area contributed by atoms with Crippen LogP contribution < -0.4 is 10.5 Å². The van der Waals surface area contributed by atoms with Gasteiger partial charge in [-0.15, -0.1) is 0 Å². The van der Waals surface area contributed by atoms with Crippen LogP contribution in [0, 0.1) is 6.92 Å². The van der Waals surface area contributed by atoms with Crippen LogP contribution in [0.5, 0.6) is 0 Å². The number of amides is 1. The molecule has 0 bridgehead atoms. The first-order valence-electron chi connectivity index (χ1n) is 10.9. The first kappa shape index (κ1) is 20.7. The van der Waals surface area contributed by atoms with Crippen LogP contribution in [0.4, 0.5) is 5.69 Å². The Bertz CT molecular complexity index is 958. The number of rotatable bonds is 4. The highest BCUT2D eigenvalue weighted by Gasteiger charge is 2.29. The minimum absolute atomic E-state index is 0.126. The van der Waals surface area contributed by atoms with Gasteiger partial charge in [0, 0.05) is 38.7 Å². The monoisotopic (exact) mass is 414 g/mol. The minimum Gasteiger partial charge on any atom is -0.456 e. The molecule has 0 aliphatic carbocycles. The molecule has 4 heterocycles. The van der Waals surface area contributed by atoms with Crippen LogP contribution in [-0.4, -0.2) is 58.0 Å². The quantitative estimate of drug-likeness (QED) is 0.824. The van der Waals surface area contributed by atoms with Crippen molar-refractivity contribution in [1.82, 2.24) is 14.7 Å². The average molecular weight is 415 g/mol. The number of hydrogen-bond donors (Lipinski definition) is 1. The molecule has 1 N–H and O–H groups in total. The summed E-state index contributed by atoms with van der Waals surface area (Å²) in [6.45, 7) is 6.50. The lowest BCUT2D eigenvalue weighted by Gasteiger charge is -2.33. The number of aromatic nitrogens is 2. The molecule has 4 rings (SSSR count). The van der Waals surface area contributed by atoms with Crippen LogP contribution in [0.2, 0.25) is 0 Å². The molecule has 2 aliphatic heterocycles. The number of hydrogen-bond acceptors (Lipinski definition) is 6. The number of aryl methyl sites for hydroxylation is 2. The highest BCUT2D eigenvalue weighted by atomic mass is 16.4. The molecule has 0 saturated carbocycles. The number of aliphatic hydroxyl groups excluding tert-OH is 1. The summed E-state index contributed by atoms with van der Waals surface area (Å²) < 4.78 is 7.24. The maximum Gasteiger partial charge on any atom is 0.289 e. The number of aliphatic hydroxyl groups is 1. The van der Waals surface area contributed by atoms with E-state index in [0.717, 1.165) is 49.4 Å². The zero-order chi connectivity index (χ0) is 21.3. The van der Waals surface area contributed by atoms with E-state index in [-0.39, 0.29) is 23.6 Å². The van der Waals surface area contributed by atoms with Gasteiger partial charge in [-0.2, -0.15) is 5.10 Å². The van der Waals surface area contributed by atoms with Crippen LogP contribution in [0.15, 0.2) is 27.5 Å². The lowest BCUT2D eigenvalue weighted by Crippen LogP contribution is -2.43. The van der Waals surface area contributed by atoms with E-state index in [4.69, 9.17) is 4.42 Å². The van der Waals surface area contributed by atoms with Gasteiger partial charge in [-0.1, -0.05) is 6.92 Å². The number of likely N-dealkylation sites (tertiary alicyclic amines) is 1. The summed E-state index contributed by atoms with van der Waals surface area (Å²) in [5, 5.41) is 14.1. The van der Waals surface area contributed by atoms with Crippen molar-refractivity contribution < 1.29 is 14.3 Å². The summed E-state index contributed by atoms with van der Waals surface area (Å²) in [6, 6.07) is 3.28. The SMILES string of the molecule is CCc1oc(C(=O)N2CCC[C@@H](n3ncc(N4CCC(O)CC4)cc3=O)C2)cc1C. The number of anilines is 1. The Morgan fingerprint density at radius 3 is 2.67 bits per heavy atom. The van der Waals surface area contributed by atoms with Crippen molar-refractivity contribution in [2.24, 2.45) is 0 Å². The average Bonchev–Trinajstić information content (AvgIpc) is 3.14. The number of nitrogens with zero attached hydrogens (tertiary/aromatic N) is 4. The largest absolute Gasteiger partial charge is 0.456 e. The van der Waals surface area contributed by atoms with Crippen molar-refractivity contribution >= 4 is 11.6 Å². The number of carbonyl (C=O) groups excluding carboxylic acids is 1. The fourth-order valence-corrected chi connectivity index (χ4v) is 4.45. The standard InChI is InChI=1S/C22H30N4O4/c1-3-19-15(2)11-20(30-19)22(29)25-8-4-5-16(14-25)26-21(28)12-17(13-23-26)24-9-6-18(27)7-10-24/h11-13,16,18,27H,3-10,14H2,1-2H3/t16-/m1/s1. The fourth-order valence-electron chi connectivity index (χ4n) is 4.45. The molecule has 2 saturated heterocycles. The molecule has 30 heavy (non-hydrogen) atoms. The van der Waals surface area contributed by atoms with E-state index >= 15 is 0 Å². The van der Waals surface area contributed by atoms with Crippen molar-refractivity contribution in [3.63, 3.8) is 0 Å². The third-order valence-corrected chi connectivity index (χ3v) is 6.22. The Morgan fingerprint density at radius 2 is 2.00 bits per heavy atom. The second-order valence-corrected chi connectivity index (χ2v) is 8.33. The van der Waals surface area contributed by atoms with Crippen molar-refractivity contribution in [2.45, 2.75) is 58.1 Å². The van der Waals surface area contributed by atoms with Gasteiger partial charge in [0.15, 0.2) is 5.76 Å². The topological polar surface area (TPSA) is 91.8 Å². The van der Waals surface area contributed by atoms with Crippen LogP contribution in [0.1, 0.15) is 60.5 Å². The highest BCUT2D eigenvalue weighted by molar-refractivity contribution is 5.91. The maximum atomic E-state index is 12.9. The first-order valence-corrected chi connectivity index (χ1v) is 10.9. The maximum absolute atomic E-state index is 12.9. The summed E-state index contributed by atoms with van der Waals surface area (Å²) in [7, 11) is 0. The Labute approximate surface area is 176 Å². The Balaban J connectivity index is 1.47. The van der Waals surface area contributed by atoms with E-state index in [1.807, 2.05) is 13.8 Å². The van der Waals surface area contributed by atoms with Crippen molar-refractivity contribution in [1.29, 1.82) is 0 Å². The van der Waals surface area contributed by atoms with E-state index in [9.17, 15) is 14.7 Å². The number of carbonyl (C=O) groups is 1. The molecule has 2 aromatic rings. The molecule has 1 amide bonds. The second kappa shape index (κ2) is 8.63. The molecule has 0 spiro atoms. The Hall–Kier alpha value is -2.61. The molecular weight excluding hydrogens is 384 g/mol. The Kier molecular flexibility index (Phi) is 5.94. The predicted molar refractivity (Wildman–Crippen MR) is 113 cm³/mol. The molecule has 0 radical (unpaired) electrons.